The van der Waals surface area contributed by atoms with Crippen molar-refractivity contribution in [1.82, 2.24) is 15.3 Å². The van der Waals surface area contributed by atoms with E-state index in [1.165, 1.54) is 18.6 Å². The standard InChI is InChI=1S/C15H15N3O4/c19-14(13-6-7-16-11-18-13)21-9-8-17-15(20)22-10-12-4-2-1-3-5-12/h1-7,11H,8-10H2,(H,17,20). The molecular weight excluding hydrogens is 286 g/mol. The minimum Gasteiger partial charge on any atom is -0.459 e. The van der Waals surface area contributed by atoms with E-state index in [2.05, 4.69) is 15.3 Å². The summed E-state index contributed by atoms with van der Waals surface area (Å²) in [4.78, 5) is 30.4. The third-order valence-electron chi connectivity index (χ3n) is 2.61. The molecule has 0 aliphatic carbocycles. The highest BCUT2D eigenvalue weighted by molar-refractivity contribution is 5.86. The summed E-state index contributed by atoms with van der Waals surface area (Å²) >= 11 is 0. The molecule has 7 heteroatoms. The number of carbonyl (C=O) groups excluding carboxylic acids is 2. The van der Waals surface area contributed by atoms with Gasteiger partial charge in [0.1, 0.15) is 19.5 Å². The Balaban J connectivity index is 1.60. The van der Waals surface area contributed by atoms with E-state index < -0.39 is 12.1 Å². The number of benzene rings is 1. The van der Waals surface area contributed by atoms with Crippen LogP contribution in [0.3, 0.4) is 0 Å². The van der Waals surface area contributed by atoms with Crippen molar-refractivity contribution in [3.63, 3.8) is 0 Å². The third-order valence-corrected chi connectivity index (χ3v) is 2.61. The maximum atomic E-state index is 11.5. The molecule has 1 heterocycles. The van der Waals surface area contributed by atoms with Crippen LogP contribution in [0.4, 0.5) is 4.79 Å². The Morgan fingerprint density at radius 1 is 1.09 bits per heavy atom. The molecule has 0 aliphatic rings. The molecule has 2 aromatic rings. The SMILES string of the molecule is O=C(NCCOC(=O)c1ccncn1)OCc1ccccc1. The van der Waals surface area contributed by atoms with Crippen molar-refractivity contribution in [3.8, 4) is 0 Å². The van der Waals surface area contributed by atoms with Crippen molar-refractivity contribution in [1.29, 1.82) is 0 Å². The number of rotatable bonds is 6. The fourth-order valence-electron chi connectivity index (χ4n) is 1.56. The molecule has 114 valence electrons. The highest BCUT2D eigenvalue weighted by Crippen LogP contribution is 2.00. The number of hydrogen-bond acceptors (Lipinski definition) is 6. The van der Waals surface area contributed by atoms with Crippen molar-refractivity contribution in [2.45, 2.75) is 6.61 Å². The predicted molar refractivity (Wildman–Crippen MR) is 76.9 cm³/mol. The summed E-state index contributed by atoms with van der Waals surface area (Å²) in [6.07, 6.45) is 2.14. The van der Waals surface area contributed by atoms with Crippen LogP contribution in [0, 0.1) is 0 Å². The van der Waals surface area contributed by atoms with Gasteiger partial charge in [0.2, 0.25) is 0 Å². The fraction of sp³-hybridized carbons (Fsp3) is 0.200. The van der Waals surface area contributed by atoms with Gasteiger partial charge in [0.25, 0.3) is 0 Å². The summed E-state index contributed by atoms with van der Waals surface area (Å²) in [6.45, 7) is 0.376. The van der Waals surface area contributed by atoms with Crippen LogP contribution in [0.15, 0.2) is 48.9 Å². The number of amides is 1. The van der Waals surface area contributed by atoms with Crippen LogP contribution in [0.5, 0.6) is 0 Å². The Bertz CT molecular complexity index is 605. The van der Waals surface area contributed by atoms with Gasteiger partial charge in [-0.25, -0.2) is 19.6 Å². The molecule has 22 heavy (non-hydrogen) atoms. The third kappa shape index (κ3) is 5.20. The second-order valence-electron chi connectivity index (χ2n) is 4.22. The molecule has 0 aliphatic heterocycles. The number of aromatic nitrogens is 2. The molecule has 1 N–H and O–H groups in total. The zero-order chi connectivity index (χ0) is 15.6. The molecule has 0 atom stereocenters. The van der Waals surface area contributed by atoms with Gasteiger partial charge in [-0.05, 0) is 11.6 Å². The summed E-state index contributed by atoms with van der Waals surface area (Å²) < 4.78 is 9.95. The van der Waals surface area contributed by atoms with Gasteiger partial charge < -0.3 is 14.8 Å². The lowest BCUT2D eigenvalue weighted by Gasteiger charge is -2.07. The van der Waals surface area contributed by atoms with Crippen LogP contribution < -0.4 is 5.32 Å². The Morgan fingerprint density at radius 3 is 2.64 bits per heavy atom. The first kappa shape index (κ1) is 15.4. The minimum atomic E-state index is -0.568. The number of hydrogen-bond donors (Lipinski definition) is 1. The number of esters is 1. The topological polar surface area (TPSA) is 90.4 Å². The Hall–Kier alpha value is -2.96. The van der Waals surface area contributed by atoms with Crippen LogP contribution in [0.1, 0.15) is 16.1 Å². The average molecular weight is 301 g/mol. The van der Waals surface area contributed by atoms with E-state index in [-0.39, 0.29) is 25.5 Å². The number of carbonyl (C=O) groups is 2. The van der Waals surface area contributed by atoms with E-state index in [4.69, 9.17) is 9.47 Å². The molecule has 0 unspecified atom stereocenters. The van der Waals surface area contributed by atoms with E-state index >= 15 is 0 Å². The van der Waals surface area contributed by atoms with Gasteiger partial charge in [-0.15, -0.1) is 0 Å². The molecule has 1 amide bonds. The van der Waals surface area contributed by atoms with Gasteiger partial charge in [0, 0.05) is 6.20 Å². The Morgan fingerprint density at radius 2 is 1.91 bits per heavy atom. The summed E-state index contributed by atoms with van der Waals surface area (Å²) in [5.41, 5.74) is 1.06. The van der Waals surface area contributed by atoms with Crippen molar-refractivity contribution < 1.29 is 19.1 Å². The highest BCUT2D eigenvalue weighted by atomic mass is 16.6. The summed E-state index contributed by atoms with van der Waals surface area (Å²) in [6, 6.07) is 10.8. The first-order valence-corrected chi connectivity index (χ1v) is 6.63. The van der Waals surface area contributed by atoms with Gasteiger partial charge >= 0.3 is 12.1 Å². The number of ether oxygens (including phenoxy) is 2. The van der Waals surface area contributed by atoms with Gasteiger partial charge in [-0.1, -0.05) is 30.3 Å². The smallest absolute Gasteiger partial charge is 0.407 e. The molecule has 0 spiro atoms. The second kappa shape index (κ2) is 8.35. The molecule has 1 aromatic carbocycles. The van der Waals surface area contributed by atoms with E-state index in [1.54, 1.807) is 0 Å². The quantitative estimate of drug-likeness (QED) is 0.643. The Kier molecular flexibility index (Phi) is 5.86. The van der Waals surface area contributed by atoms with Crippen molar-refractivity contribution >= 4 is 12.1 Å². The number of nitrogens with zero attached hydrogens (tertiary/aromatic N) is 2. The van der Waals surface area contributed by atoms with Crippen LogP contribution >= 0.6 is 0 Å². The molecular formula is C15H15N3O4. The van der Waals surface area contributed by atoms with Crippen molar-refractivity contribution in [3.05, 3.63) is 60.2 Å². The first-order chi connectivity index (χ1) is 10.8. The maximum absolute atomic E-state index is 11.5. The predicted octanol–water partition coefficient (Wildman–Crippen LogP) is 1.56. The molecule has 0 fully saturated rings. The maximum Gasteiger partial charge on any atom is 0.407 e. The molecule has 2 rings (SSSR count). The van der Waals surface area contributed by atoms with Gasteiger partial charge in [0.15, 0.2) is 5.69 Å². The lowest BCUT2D eigenvalue weighted by atomic mass is 10.2. The van der Waals surface area contributed by atoms with Gasteiger partial charge in [-0.3, -0.25) is 0 Å². The molecule has 0 saturated carbocycles. The zero-order valence-electron chi connectivity index (χ0n) is 11.8. The normalized spacial score (nSPS) is 9.82. The fourth-order valence-corrected chi connectivity index (χ4v) is 1.56. The largest absolute Gasteiger partial charge is 0.459 e. The van der Waals surface area contributed by atoms with Crippen LogP contribution in [-0.2, 0) is 16.1 Å². The van der Waals surface area contributed by atoms with Crippen LogP contribution in [0.25, 0.3) is 0 Å². The molecule has 0 radical (unpaired) electrons. The monoisotopic (exact) mass is 301 g/mol. The lowest BCUT2D eigenvalue weighted by molar-refractivity contribution is 0.0497. The van der Waals surface area contributed by atoms with Crippen molar-refractivity contribution in [2.24, 2.45) is 0 Å². The van der Waals surface area contributed by atoms with Gasteiger partial charge in [0.05, 0.1) is 6.54 Å². The minimum absolute atomic E-state index is 0.0310. The summed E-state index contributed by atoms with van der Waals surface area (Å²) in [5.74, 6) is -0.568. The second-order valence-corrected chi connectivity index (χ2v) is 4.22. The van der Waals surface area contributed by atoms with Crippen molar-refractivity contribution in [2.75, 3.05) is 13.2 Å². The first-order valence-electron chi connectivity index (χ1n) is 6.63. The lowest BCUT2D eigenvalue weighted by Crippen LogP contribution is -2.28. The van der Waals surface area contributed by atoms with Crippen LogP contribution in [-0.4, -0.2) is 35.2 Å². The van der Waals surface area contributed by atoms with Gasteiger partial charge in [-0.2, -0.15) is 0 Å². The highest BCUT2D eigenvalue weighted by Gasteiger charge is 2.08. The van der Waals surface area contributed by atoms with E-state index in [0.717, 1.165) is 5.56 Å². The molecule has 1 aromatic heterocycles. The summed E-state index contributed by atoms with van der Waals surface area (Å²) in [5, 5.41) is 2.49. The van der Waals surface area contributed by atoms with E-state index in [0.29, 0.717) is 0 Å². The molecule has 0 bridgehead atoms. The summed E-state index contributed by atoms with van der Waals surface area (Å²) in [7, 11) is 0. The van der Waals surface area contributed by atoms with E-state index in [9.17, 15) is 9.59 Å². The molecule has 7 nitrogen and oxygen atoms in total. The average Bonchev–Trinajstić information content (AvgIpc) is 2.58. The number of nitrogens with one attached hydrogen (secondary N) is 1. The van der Waals surface area contributed by atoms with E-state index in [1.807, 2.05) is 30.3 Å². The Labute approximate surface area is 127 Å². The zero-order valence-corrected chi connectivity index (χ0v) is 11.8. The van der Waals surface area contributed by atoms with Crippen LogP contribution in [0.2, 0.25) is 0 Å². The molecule has 0 saturated heterocycles. The number of alkyl carbamates (subject to hydrolysis) is 1.